The van der Waals surface area contributed by atoms with Crippen molar-refractivity contribution in [3.05, 3.63) is 44.4 Å². The predicted octanol–water partition coefficient (Wildman–Crippen LogP) is 4.71. The second-order valence-corrected chi connectivity index (χ2v) is 6.04. The summed E-state index contributed by atoms with van der Waals surface area (Å²) >= 11 is 7.00. The Balaban J connectivity index is 2.25. The number of hydrogen-bond acceptors (Lipinski definition) is 1. The van der Waals surface area contributed by atoms with Gasteiger partial charge in [0.25, 0.3) is 0 Å². The van der Waals surface area contributed by atoms with Crippen molar-refractivity contribution in [1.29, 1.82) is 0 Å². The van der Waals surface area contributed by atoms with E-state index in [4.69, 9.17) is 5.73 Å². The highest BCUT2D eigenvalue weighted by atomic mass is 79.9. The quantitative estimate of drug-likeness (QED) is 0.772. The van der Waals surface area contributed by atoms with Gasteiger partial charge in [-0.1, -0.05) is 43.5 Å². The van der Waals surface area contributed by atoms with Crippen molar-refractivity contribution in [3.8, 4) is 0 Å². The highest BCUT2D eigenvalue weighted by Crippen LogP contribution is 2.31. The summed E-state index contributed by atoms with van der Waals surface area (Å²) in [6.45, 7) is 0. The molecule has 1 aromatic rings. The summed E-state index contributed by atoms with van der Waals surface area (Å²) in [5.41, 5.74) is 8.86. The summed E-state index contributed by atoms with van der Waals surface area (Å²) in [7, 11) is 0. The van der Waals surface area contributed by atoms with Crippen LogP contribution in [-0.2, 0) is 0 Å². The van der Waals surface area contributed by atoms with Crippen LogP contribution in [-0.4, -0.2) is 0 Å². The van der Waals surface area contributed by atoms with E-state index in [1.807, 2.05) is 6.07 Å². The van der Waals surface area contributed by atoms with Gasteiger partial charge in [0.15, 0.2) is 0 Å². The highest BCUT2D eigenvalue weighted by molar-refractivity contribution is 9.11. The molecule has 0 aromatic heterocycles. The molecule has 0 radical (unpaired) electrons. The molecule has 1 nitrogen and oxygen atoms in total. The van der Waals surface area contributed by atoms with Gasteiger partial charge in [0.05, 0.1) is 6.04 Å². The molecule has 3 heteroatoms. The van der Waals surface area contributed by atoms with Gasteiger partial charge < -0.3 is 5.73 Å². The molecular weight excluding hydrogens is 330 g/mol. The molecule has 1 aliphatic rings. The lowest BCUT2D eigenvalue weighted by molar-refractivity contribution is 0.648. The lowest BCUT2D eigenvalue weighted by Gasteiger charge is -2.20. The average Bonchev–Trinajstić information content (AvgIpc) is 2.28. The van der Waals surface area contributed by atoms with E-state index in [2.05, 4.69) is 50.1 Å². The zero-order chi connectivity index (χ0) is 11.5. The van der Waals surface area contributed by atoms with Crippen LogP contribution in [0.4, 0.5) is 0 Å². The molecule has 2 rings (SSSR count). The molecule has 86 valence electrons. The fourth-order valence-corrected chi connectivity index (χ4v) is 3.44. The average molecular weight is 345 g/mol. The Kier molecular flexibility index (Phi) is 4.22. The summed E-state index contributed by atoms with van der Waals surface area (Å²) in [6.07, 6.45) is 7.21. The van der Waals surface area contributed by atoms with E-state index in [1.54, 1.807) is 0 Å². The molecule has 1 atom stereocenters. The first-order chi connectivity index (χ1) is 7.66. The van der Waals surface area contributed by atoms with Crippen LogP contribution in [0.3, 0.4) is 0 Å². The molecule has 2 N–H and O–H groups in total. The number of halogens is 2. The van der Waals surface area contributed by atoms with E-state index in [9.17, 15) is 0 Å². The Morgan fingerprint density at radius 1 is 1.06 bits per heavy atom. The molecule has 0 heterocycles. The third-order valence-electron chi connectivity index (χ3n) is 2.97. The predicted molar refractivity (Wildman–Crippen MR) is 75.3 cm³/mol. The smallest absolute Gasteiger partial charge is 0.0511 e. The summed E-state index contributed by atoms with van der Waals surface area (Å²) in [4.78, 5) is 0. The zero-order valence-corrected chi connectivity index (χ0v) is 12.2. The lowest BCUT2D eigenvalue weighted by atomic mass is 9.90. The Hall–Kier alpha value is -0.120. The fourth-order valence-electron chi connectivity index (χ4n) is 2.11. The summed E-state index contributed by atoms with van der Waals surface area (Å²) in [5.74, 6) is 0. The first-order valence-electron chi connectivity index (χ1n) is 5.57. The van der Waals surface area contributed by atoms with Gasteiger partial charge in [-0.05, 0) is 49.4 Å². The maximum absolute atomic E-state index is 6.30. The van der Waals surface area contributed by atoms with Crippen LogP contribution in [0.2, 0.25) is 0 Å². The van der Waals surface area contributed by atoms with Gasteiger partial charge in [0, 0.05) is 8.95 Å². The van der Waals surface area contributed by atoms with Crippen molar-refractivity contribution < 1.29 is 0 Å². The Labute approximate surface area is 113 Å². The third-order valence-corrected chi connectivity index (χ3v) is 3.89. The highest BCUT2D eigenvalue weighted by Gasteiger charge is 2.14. The summed E-state index contributed by atoms with van der Waals surface area (Å²) < 4.78 is 2.15. The normalized spacial score (nSPS) is 18.1. The van der Waals surface area contributed by atoms with Gasteiger partial charge in [-0.15, -0.1) is 0 Å². The Morgan fingerprint density at radius 2 is 1.75 bits per heavy atom. The molecule has 0 saturated heterocycles. The monoisotopic (exact) mass is 343 g/mol. The molecule has 0 fully saturated rings. The minimum absolute atomic E-state index is 0.0501. The van der Waals surface area contributed by atoms with Gasteiger partial charge in [0.1, 0.15) is 0 Å². The molecular formula is C13H15Br2N. The van der Waals surface area contributed by atoms with Crippen molar-refractivity contribution in [3.63, 3.8) is 0 Å². The van der Waals surface area contributed by atoms with E-state index in [0.29, 0.717) is 0 Å². The number of allylic oxidation sites excluding steroid dienone is 1. The van der Waals surface area contributed by atoms with E-state index < -0.39 is 0 Å². The van der Waals surface area contributed by atoms with Crippen molar-refractivity contribution in [2.45, 2.75) is 31.7 Å². The van der Waals surface area contributed by atoms with Gasteiger partial charge in [-0.25, -0.2) is 0 Å². The number of hydrogen-bond donors (Lipinski definition) is 1. The number of rotatable bonds is 2. The first kappa shape index (κ1) is 12.3. The molecule has 1 unspecified atom stereocenters. The minimum Gasteiger partial charge on any atom is -0.321 e. The second-order valence-electron chi connectivity index (χ2n) is 4.21. The van der Waals surface area contributed by atoms with Crippen LogP contribution in [0.15, 0.2) is 38.8 Å². The molecule has 1 aromatic carbocycles. The number of benzene rings is 1. The minimum atomic E-state index is 0.0501. The molecule has 0 saturated carbocycles. The van der Waals surface area contributed by atoms with E-state index in [-0.39, 0.29) is 6.04 Å². The maximum Gasteiger partial charge on any atom is 0.0511 e. The number of nitrogens with two attached hydrogens (primary N) is 1. The van der Waals surface area contributed by atoms with Crippen molar-refractivity contribution >= 4 is 31.9 Å². The van der Waals surface area contributed by atoms with Crippen molar-refractivity contribution in [2.24, 2.45) is 5.73 Å². The van der Waals surface area contributed by atoms with Gasteiger partial charge in [-0.3, -0.25) is 0 Å². The third kappa shape index (κ3) is 2.96. The van der Waals surface area contributed by atoms with Crippen LogP contribution in [0.5, 0.6) is 0 Å². The topological polar surface area (TPSA) is 26.0 Å². The molecule has 16 heavy (non-hydrogen) atoms. The van der Waals surface area contributed by atoms with Crippen LogP contribution in [0.1, 0.15) is 37.3 Å². The van der Waals surface area contributed by atoms with Gasteiger partial charge >= 0.3 is 0 Å². The van der Waals surface area contributed by atoms with Crippen LogP contribution in [0.25, 0.3) is 0 Å². The maximum atomic E-state index is 6.30. The Bertz CT molecular complexity index is 392. The lowest BCUT2D eigenvalue weighted by Crippen LogP contribution is -2.14. The molecule has 0 aliphatic heterocycles. The second kappa shape index (κ2) is 5.48. The first-order valence-corrected chi connectivity index (χ1v) is 7.16. The largest absolute Gasteiger partial charge is 0.321 e. The molecule has 1 aliphatic carbocycles. The van der Waals surface area contributed by atoms with Crippen LogP contribution in [0, 0.1) is 0 Å². The van der Waals surface area contributed by atoms with Crippen molar-refractivity contribution in [1.82, 2.24) is 0 Å². The van der Waals surface area contributed by atoms with Crippen LogP contribution >= 0.6 is 31.9 Å². The van der Waals surface area contributed by atoms with E-state index in [1.165, 1.54) is 30.4 Å². The summed E-state index contributed by atoms with van der Waals surface area (Å²) in [5, 5.41) is 0. The van der Waals surface area contributed by atoms with Gasteiger partial charge in [-0.2, -0.15) is 0 Å². The summed E-state index contributed by atoms with van der Waals surface area (Å²) in [6, 6.07) is 6.29. The van der Waals surface area contributed by atoms with Gasteiger partial charge in [0.2, 0.25) is 0 Å². The van der Waals surface area contributed by atoms with Crippen LogP contribution < -0.4 is 5.73 Å². The standard InChI is InChI=1S/C13H15Br2N/c14-11-6-10(7-12(15)8-11)13(16)9-4-2-1-3-5-9/h4,6-8,13H,1-3,5,16H2. The van der Waals surface area contributed by atoms with E-state index in [0.717, 1.165) is 15.4 Å². The molecule has 0 amide bonds. The van der Waals surface area contributed by atoms with E-state index >= 15 is 0 Å². The zero-order valence-electron chi connectivity index (χ0n) is 9.05. The SMILES string of the molecule is NC(C1=CCCCC1)c1cc(Br)cc(Br)c1. The molecule has 0 spiro atoms. The Morgan fingerprint density at radius 3 is 2.31 bits per heavy atom. The fraction of sp³-hybridized carbons (Fsp3) is 0.385. The molecule has 0 bridgehead atoms. The van der Waals surface area contributed by atoms with Crippen molar-refractivity contribution in [2.75, 3.05) is 0 Å².